The van der Waals surface area contributed by atoms with E-state index in [1.165, 1.54) is 16.7 Å². The van der Waals surface area contributed by atoms with Crippen LogP contribution in [0.15, 0.2) is 35.7 Å². The molecule has 0 bridgehead atoms. The SMILES string of the molecule is Cc1cc(C)cc(-n2ccnc2SCC(=O)N(CC#N)CC#N)c1. The van der Waals surface area contributed by atoms with Crippen molar-refractivity contribution in [3.05, 3.63) is 41.7 Å². The molecule has 7 heteroatoms. The molecule has 2 aromatic rings. The lowest BCUT2D eigenvalue weighted by molar-refractivity contribution is -0.127. The fraction of sp³-hybridized carbons (Fsp3) is 0.294. The zero-order valence-corrected chi connectivity index (χ0v) is 14.4. The summed E-state index contributed by atoms with van der Waals surface area (Å²) in [6.07, 6.45) is 3.54. The van der Waals surface area contributed by atoms with Gasteiger partial charge in [0, 0.05) is 18.1 Å². The van der Waals surface area contributed by atoms with E-state index in [1.54, 1.807) is 6.20 Å². The lowest BCUT2D eigenvalue weighted by Gasteiger charge is -2.15. The maximum absolute atomic E-state index is 12.1. The first-order chi connectivity index (χ1) is 11.5. The summed E-state index contributed by atoms with van der Waals surface area (Å²) in [5, 5.41) is 18.2. The van der Waals surface area contributed by atoms with Gasteiger partial charge in [0.2, 0.25) is 5.91 Å². The summed E-state index contributed by atoms with van der Waals surface area (Å²) in [6, 6.07) is 10.0. The highest BCUT2D eigenvalue weighted by molar-refractivity contribution is 7.99. The van der Waals surface area contributed by atoms with E-state index in [4.69, 9.17) is 10.5 Å². The van der Waals surface area contributed by atoms with Gasteiger partial charge in [-0.15, -0.1) is 0 Å². The molecule has 0 spiro atoms. The van der Waals surface area contributed by atoms with Crippen LogP contribution in [-0.4, -0.2) is 39.2 Å². The Balaban J connectivity index is 2.12. The van der Waals surface area contributed by atoms with Crippen LogP contribution in [0.1, 0.15) is 11.1 Å². The number of carbonyl (C=O) groups excluding carboxylic acids is 1. The van der Waals surface area contributed by atoms with E-state index in [-0.39, 0.29) is 24.7 Å². The lowest BCUT2D eigenvalue weighted by Crippen LogP contribution is -2.33. The van der Waals surface area contributed by atoms with Crippen LogP contribution in [-0.2, 0) is 4.79 Å². The van der Waals surface area contributed by atoms with Gasteiger partial charge in [-0.25, -0.2) is 4.98 Å². The van der Waals surface area contributed by atoms with Crippen LogP contribution in [0.25, 0.3) is 5.69 Å². The molecule has 0 aliphatic carbocycles. The second-order valence-corrected chi connectivity index (χ2v) is 6.22. The highest BCUT2D eigenvalue weighted by Crippen LogP contribution is 2.22. The third kappa shape index (κ3) is 4.37. The Labute approximate surface area is 145 Å². The first-order valence-electron chi connectivity index (χ1n) is 7.31. The van der Waals surface area contributed by atoms with Gasteiger partial charge in [0.25, 0.3) is 0 Å². The smallest absolute Gasteiger partial charge is 0.234 e. The maximum Gasteiger partial charge on any atom is 0.234 e. The van der Waals surface area contributed by atoms with E-state index in [2.05, 4.69) is 23.2 Å². The molecule has 0 aliphatic heterocycles. The number of hydrogen-bond acceptors (Lipinski definition) is 5. The van der Waals surface area contributed by atoms with Crippen molar-refractivity contribution in [2.45, 2.75) is 19.0 Å². The molecule has 1 heterocycles. The molecular formula is C17H17N5OS. The van der Waals surface area contributed by atoms with Gasteiger partial charge in [0.15, 0.2) is 5.16 Å². The summed E-state index contributed by atoms with van der Waals surface area (Å²) in [7, 11) is 0. The van der Waals surface area contributed by atoms with Gasteiger partial charge in [0.1, 0.15) is 13.1 Å². The van der Waals surface area contributed by atoms with Crippen molar-refractivity contribution in [3.63, 3.8) is 0 Å². The van der Waals surface area contributed by atoms with Gasteiger partial charge in [-0.05, 0) is 37.1 Å². The number of amides is 1. The standard InChI is InChI=1S/C17H17N5OS/c1-13-9-14(2)11-15(10-13)22-8-5-20-17(22)24-12-16(23)21(6-3-18)7-4-19/h5,8-11H,6-7,12H2,1-2H3. The molecule has 2 rings (SSSR count). The quantitative estimate of drug-likeness (QED) is 0.596. The van der Waals surface area contributed by atoms with Crippen molar-refractivity contribution >= 4 is 17.7 Å². The molecule has 1 amide bonds. The topological polar surface area (TPSA) is 85.7 Å². The number of thioether (sulfide) groups is 1. The Hall–Kier alpha value is -2.77. The van der Waals surface area contributed by atoms with Crippen molar-refractivity contribution in [1.29, 1.82) is 10.5 Å². The van der Waals surface area contributed by atoms with Gasteiger partial charge in [-0.3, -0.25) is 9.36 Å². The number of hydrogen-bond donors (Lipinski definition) is 0. The zero-order valence-electron chi connectivity index (χ0n) is 13.6. The van der Waals surface area contributed by atoms with E-state index < -0.39 is 0 Å². The number of benzene rings is 1. The van der Waals surface area contributed by atoms with Crippen molar-refractivity contribution in [1.82, 2.24) is 14.5 Å². The normalized spacial score (nSPS) is 10.0. The van der Waals surface area contributed by atoms with Gasteiger partial charge in [0.05, 0.1) is 17.9 Å². The molecule has 24 heavy (non-hydrogen) atoms. The van der Waals surface area contributed by atoms with Crippen LogP contribution in [0.4, 0.5) is 0 Å². The van der Waals surface area contributed by atoms with E-state index >= 15 is 0 Å². The highest BCUT2D eigenvalue weighted by Gasteiger charge is 2.15. The number of rotatable bonds is 6. The average Bonchev–Trinajstić information content (AvgIpc) is 3.00. The molecule has 0 saturated heterocycles. The van der Waals surface area contributed by atoms with Crippen LogP contribution in [0.2, 0.25) is 0 Å². The lowest BCUT2D eigenvalue weighted by atomic mass is 10.1. The second-order valence-electron chi connectivity index (χ2n) is 5.28. The molecule has 0 unspecified atom stereocenters. The molecule has 0 atom stereocenters. The van der Waals surface area contributed by atoms with Gasteiger partial charge in [-0.1, -0.05) is 17.8 Å². The second kappa shape index (κ2) is 8.19. The number of nitriles is 2. The molecule has 0 saturated carbocycles. The van der Waals surface area contributed by atoms with Crippen LogP contribution >= 0.6 is 11.8 Å². The Morgan fingerprint density at radius 3 is 2.42 bits per heavy atom. The fourth-order valence-corrected chi connectivity index (χ4v) is 3.18. The molecule has 0 fully saturated rings. The van der Waals surface area contributed by atoms with Crippen LogP contribution in [0.3, 0.4) is 0 Å². The number of aromatic nitrogens is 2. The largest absolute Gasteiger partial charge is 0.315 e. The van der Waals surface area contributed by atoms with Crippen molar-refractivity contribution < 1.29 is 4.79 Å². The summed E-state index contributed by atoms with van der Waals surface area (Å²) in [5.41, 5.74) is 3.30. The number of aryl methyl sites for hydroxylation is 2. The fourth-order valence-electron chi connectivity index (χ4n) is 2.30. The van der Waals surface area contributed by atoms with Gasteiger partial charge < -0.3 is 4.90 Å². The molecule has 1 aromatic heterocycles. The molecule has 122 valence electrons. The Morgan fingerprint density at radius 1 is 1.21 bits per heavy atom. The first kappa shape index (κ1) is 17.6. The predicted octanol–water partition coefficient (Wildman–Crippen LogP) is 2.46. The van der Waals surface area contributed by atoms with E-state index in [0.29, 0.717) is 5.16 Å². The third-order valence-electron chi connectivity index (χ3n) is 3.29. The highest BCUT2D eigenvalue weighted by atomic mass is 32.2. The third-order valence-corrected chi connectivity index (χ3v) is 4.24. The summed E-state index contributed by atoms with van der Waals surface area (Å²) in [5.74, 6) is -0.122. The Morgan fingerprint density at radius 2 is 1.83 bits per heavy atom. The number of imidazole rings is 1. The zero-order chi connectivity index (χ0) is 17.5. The van der Waals surface area contributed by atoms with Crippen LogP contribution in [0, 0.1) is 36.5 Å². The summed E-state index contributed by atoms with van der Waals surface area (Å²) >= 11 is 1.29. The number of nitrogens with zero attached hydrogens (tertiary/aromatic N) is 5. The first-order valence-corrected chi connectivity index (χ1v) is 8.30. The van der Waals surface area contributed by atoms with E-state index in [1.807, 2.05) is 36.7 Å². The Bertz CT molecular complexity index is 779. The number of carbonyl (C=O) groups is 1. The molecule has 0 radical (unpaired) electrons. The van der Waals surface area contributed by atoms with Crippen molar-refractivity contribution in [2.75, 3.05) is 18.8 Å². The average molecular weight is 339 g/mol. The summed E-state index contributed by atoms with van der Waals surface area (Å²) in [6.45, 7) is 3.90. The minimum atomic E-state index is -0.252. The molecule has 6 nitrogen and oxygen atoms in total. The van der Waals surface area contributed by atoms with Crippen LogP contribution < -0.4 is 0 Å². The molecular weight excluding hydrogens is 322 g/mol. The van der Waals surface area contributed by atoms with E-state index in [0.717, 1.165) is 16.8 Å². The molecule has 1 aromatic carbocycles. The minimum Gasteiger partial charge on any atom is -0.315 e. The van der Waals surface area contributed by atoms with Crippen LogP contribution in [0.5, 0.6) is 0 Å². The van der Waals surface area contributed by atoms with Crippen molar-refractivity contribution in [3.8, 4) is 17.8 Å². The summed E-state index contributed by atoms with van der Waals surface area (Å²) in [4.78, 5) is 17.7. The maximum atomic E-state index is 12.1. The minimum absolute atomic E-state index is 0.0849. The Kier molecular flexibility index (Phi) is 6.00. The van der Waals surface area contributed by atoms with Gasteiger partial charge in [-0.2, -0.15) is 10.5 Å². The van der Waals surface area contributed by atoms with E-state index in [9.17, 15) is 4.79 Å². The monoisotopic (exact) mass is 339 g/mol. The van der Waals surface area contributed by atoms with Gasteiger partial charge >= 0.3 is 0 Å². The summed E-state index contributed by atoms with van der Waals surface area (Å²) < 4.78 is 1.93. The molecule has 0 aliphatic rings. The molecule has 0 N–H and O–H groups in total. The van der Waals surface area contributed by atoms with Crippen molar-refractivity contribution in [2.24, 2.45) is 0 Å². The predicted molar refractivity (Wildman–Crippen MR) is 91.6 cm³/mol.